The maximum Gasteiger partial charge on any atom is 0.230 e. The number of aromatic hydroxyl groups is 1. The number of hydrogen-bond donors (Lipinski definition) is 3. The molecule has 170 valence electrons. The Balaban J connectivity index is 1.70. The summed E-state index contributed by atoms with van der Waals surface area (Å²) >= 11 is 0. The normalized spacial score (nSPS) is 11.2. The van der Waals surface area contributed by atoms with E-state index in [0.29, 0.717) is 28.6 Å². The number of phenols is 1. The average Bonchev–Trinajstić information content (AvgIpc) is 3.28. The van der Waals surface area contributed by atoms with Gasteiger partial charge >= 0.3 is 0 Å². The summed E-state index contributed by atoms with van der Waals surface area (Å²) in [5, 5.41) is 13.8. The topological polar surface area (TPSA) is 146 Å². The summed E-state index contributed by atoms with van der Waals surface area (Å²) in [6.45, 7) is 3.63. The van der Waals surface area contributed by atoms with Gasteiger partial charge in [-0.15, -0.1) is 0 Å². The van der Waals surface area contributed by atoms with Crippen molar-refractivity contribution in [2.75, 3.05) is 21.2 Å². The van der Waals surface area contributed by atoms with Gasteiger partial charge in [-0.25, -0.2) is 23.4 Å². The zero-order valence-corrected chi connectivity index (χ0v) is 18.8. The molecule has 3 N–H and O–H groups in total. The highest BCUT2D eigenvalue weighted by atomic mass is 32.2. The number of para-hydroxylation sites is 1. The lowest BCUT2D eigenvalue weighted by Crippen LogP contribution is -2.14. The fraction of sp³-hybridized carbons (Fsp3) is 0.143. The van der Waals surface area contributed by atoms with Crippen LogP contribution in [0.3, 0.4) is 0 Å². The Labute approximate surface area is 190 Å². The molecule has 3 heterocycles. The highest BCUT2D eigenvalue weighted by molar-refractivity contribution is 7.92. The predicted octanol–water partition coefficient (Wildman–Crippen LogP) is 3.77. The number of benzene rings is 1. The second-order valence-electron chi connectivity index (χ2n) is 7.25. The van der Waals surface area contributed by atoms with E-state index in [2.05, 4.69) is 30.0 Å². The number of oxazole rings is 1. The van der Waals surface area contributed by atoms with Gasteiger partial charge in [-0.1, -0.05) is 12.1 Å². The zero-order chi connectivity index (χ0) is 23.6. The Morgan fingerprint density at radius 1 is 1.03 bits per heavy atom. The van der Waals surface area contributed by atoms with Crippen LogP contribution in [0.1, 0.15) is 11.1 Å². The molecule has 11 nitrogen and oxygen atoms in total. The van der Waals surface area contributed by atoms with Gasteiger partial charge in [-0.2, -0.15) is 4.98 Å². The van der Waals surface area contributed by atoms with Crippen LogP contribution >= 0.6 is 0 Å². The Bertz CT molecular complexity index is 1370. The van der Waals surface area contributed by atoms with Gasteiger partial charge in [0.2, 0.25) is 21.9 Å². The minimum Gasteiger partial charge on any atom is -0.505 e. The van der Waals surface area contributed by atoms with Crippen molar-refractivity contribution < 1.29 is 17.9 Å². The van der Waals surface area contributed by atoms with Gasteiger partial charge < -0.3 is 14.8 Å². The van der Waals surface area contributed by atoms with Gasteiger partial charge in [-0.05, 0) is 37.6 Å². The molecule has 1 aromatic carbocycles. The number of anilines is 6. The summed E-state index contributed by atoms with van der Waals surface area (Å²) in [6.07, 6.45) is 6.95. The molecule has 0 unspecified atom stereocenters. The quantitative estimate of drug-likeness (QED) is 0.367. The lowest BCUT2D eigenvalue weighted by atomic mass is 10.1. The van der Waals surface area contributed by atoms with E-state index in [0.717, 1.165) is 11.8 Å². The van der Waals surface area contributed by atoms with Crippen molar-refractivity contribution >= 4 is 44.9 Å². The molecule has 0 bridgehead atoms. The van der Waals surface area contributed by atoms with E-state index >= 15 is 0 Å². The molecule has 0 aliphatic heterocycles. The van der Waals surface area contributed by atoms with Gasteiger partial charge in [0.15, 0.2) is 6.39 Å². The maximum absolute atomic E-state index is 11.3. The van der Waals surface area contributed by atoms with Crippen LogP contribution in [0, 0.1) is 13.8 Å². The average molecular weight is 468 g/mol. The molecule has 4 rings (SSSR count). The molecule has 0 amide bonds. The molecule has 33 heavy (non-hydrogen) atoms. The minimum absolute atomic E-state index is 0.0830. The lowest BCUT2D eigenvalue weighted by molar-refractivity contribution is 0.471. The number of sulfonamides is 1. The Hall–Kier alpha value is -4.19. The van der Waals surface area contributed by atoms with Crippen LogP contribution in [0.2, 0.25) is 0 Å². The van der Waals surface area contributed by atoms with E-state index in [1.54, 1.807) is 36.2 Å². The van der Waals surface area contributed by atoms with E-state index in [1.807, 2.05) is 13.0 Å². The van der Waals surface area contributed by atoms with E-state index < -0.39 is 10.0 Å². The third-order valence-electron chi connectivity index (χ3n) is 4.56. The van der Waals surface area contributed by atoms with Crippen LogP contribution in [0.4, 0.5) is 34.8 Å². The molecule has 0 saturated heterocycles. The zero-order valence-electron chi connectivity index (χ0n) is 18.0. The largest absolute Gasteiger partial charge is 0.505 e. The van der Waals surface area contributed by atoms with Gasteiger partial charge in [0.05, 0.1) is 30.0 Å². The van der Waals surface area contributed by atoms with Crippen molar-refractivity contribution in [1.29, 1.82) is 0 Å². The fourth-order valence-corrected chi connectivity index (χ4v) is 3.55. The molecule has 0 atom stereocenters. The molecule has 12 heteroatoms. The first-order valence-corrected chi connectivity index (χ1v) is 11.6. The maximum atomic E-state index is 11.3. The van der Waals surface area contributed by atoms with Crippen molar-refractivity contribution in [1.82, 2.24) is 19.9 Å². The first-order chi connectivity index (χ1) is 15.7. The number of rotatable bonds is 7. The van der Waals surface area contributed by atoms with Gasteiger partial charge in [0.25, 0.3) is 0 Å². The summed E-state index contributed by atoms with van der Waals surface area (Å²) in [5.41, 5.74) is 2.44. The molecule has 3 aromatic heterocycles. The number of aryl methyl sites for hydroxylation is 2. The smallest absolute Gasteiger partial charge is 0.230 e. The number of nitrogens with zero attached hydrogens (tertiary/aromatic N) is 5. The SMILES string of the molecule is Cc1cnc(Nc2ccc(NS(C)(=O)=O)nc2)nc1N(c1cnco1)c1cccc(C)c1O. The lowest BCUT2D eigenvalue weighted by Gasteiger charge is -2.24. The van der Waals surface area contributed by atoms with Gasteiger partial charge in [0.1, 0.15) is 17.4 Å². The van der Waals surface area contributed by atoms with E-state index in [4.69, 9.17) is 4.42 Å². The van der Waals surface area contributed by atoms with Crippen molar-refractivity contribution in [3.05, 3.63) is 66.4 Å². The van der Waals surface area contributed by atoms with Crippen LogP contribution < -0.4 is 14.9 Å². The third kappa shape index (κ3) is 5.01. The monoisotopic (exact) mass is 467 g/mol. The standard InChI is InChI=1S/C21H21N7O4S/c1-13-5-4-6-16(19(13)29)28(18-11-22-12-32-18)20-14(2)9-24-21(26-20)25-15-7-8-17(23-10-15)27-33(3,30)31/h4-12,29H,1-3H3,(H,23,27)(H,24,25,26). The van der Waals surface area contributed by atoms with E-state index in [9.17, 15) is 13.5 Å². The van der Waals surface area contributed by atoms with Crippen LogP contribution in [0.15, 0.2) is 59.7 Å². The Morgan fingerprint density at radius 3 is 2.52 bits per heavy atom. The first kappa shape index (κ1) is 22.0. The van der Waals surface area contributed by atoms with Crippen LogP contribution in [-0.2, 0) is 10.0 Å². The fourth-order valence-electron chi connectivity index (χ4n) is 3.05. The Morgan fingerprint density at radius 2 is 1.85 bits per heavy atom. The molecule has 0 aliphatic rings. The van der Waals surface area contributed by atoms with Crippen LogP contribution in [0.25, 0.3) is 0 Å². The predicted molar refractivity (Wildman–Crippen MR) is 124 cm³/mol. The summed E-state index contributed by atoms with van der Waals surface area (Å²) in [7, 11) is -3.42. The molecular weight excluding hydrogens is 446 g/mol. The highest BCUT2D eigenvalue weighted by Gasteiger charge is 2.23. The second-order valence-corrected chi connectivity index (χ2v) is 9.00. The molecule has 0 fully saturated rings. The van der Waals surface area contributed by atoms with Crippen molar-refractivity contribution in [3.8, 4) is 5.75 Å². The number of pyridine rings is 1. The summed E-state index contributed by atoms with van der Waals surface area (Å²) in [4.78, 5) is 18.6. The molecule has 0 aliphatic carbocycles. The second kappa shape index (κ2) is 8.74. The molecule has 4 aromatic rings. The molecule has 0 saturated carbocycles. The summed E-state index contributed by atoms with van der Waals surface area (Å²) in [6, 6.07) is 8.53. The van der Waals surface area contributed by atoms with Gasteiger partial charge in [0, 0.05) is 11.8 Å². The summed E-state index contributed by atoms with van der Waals surface area (Å²) < 4.78 is 30.5. The third-order valence-corrected chi connectivity index (χ3v) is 5.14. The van der Waals surface area contributed by atoms with E-state index in [1.165, 1.54) is 24.9 Å². The van der Waals surface area contributed by atoms with Crippen LogP contribution in [0.5, 0.6) is 5.75 Å². The van der Waals surface area contributed by atoms with E-state index in [-0.39, 0.29) is 17.5 Å². The number of phenolic OH excluding ortho intramolecular Hbond substituents is 1. The highest BCUT2D eigenvalue weighted by Crippen LogP contribution is 2.41. The number of aromatic nitrogens is 4. The Kier molecular flexibility index (Phi) is 5.84. The first-order valence-electron chi connectivity index (χ1n) is 9.73. The minimum atomic E-state index is -3.42. The molecular formula is C21H21N7O4S. The van der Waals surface area contributed by atoms with Crippen LogP contribution in [-0.4, -0.2) is 39.7 Å². The van der Waals surface area contributed by atoms with Crippen molar-refractivity contribution in [3.63, 3.8) is 0 Å². The summed E-state index contributed by atoms with van der Waals surface area (Å²) in [5.74, 6) is 1.37. The number of nitrogens with one attached hydrogen (secondary N) is 2. The van der Waals surface area contributed by atoms with Gasteiger partial charge in [-0.3, -0.25) is 9.62 Å². The van der Waals surface area contributed by atoms with Crippen molar-refractivity contribution in [2.45, 2.75) is 13.8 Å². The van der Waals surface area contributed by atoms with Crippen molar-refractivity contribution in [2.24, 2.45) is 0 Å². The number of hydrogen-bond acceptors (Lipinski definition) is 10. The molecule has 0 radical (unpaired) electrons. The molecule has 0 spiro atoms.